The summed E-state index contributed by atoms with van der Waals surface area (Å²) in [4.78, 5) is 17.9. The van der Waals surface area contributed by atoms with Crippen LogP contribution in [0.25, 0.3) is 0 Å². The fourth-order valence-corrected chi connectivity index (χ4v) is 2.60. The zero-order chi connectivity index (χ0) is 16.1. The minimum absolute atomic E-state index is 0.325. The van der Waals surface area contributed by atoms with E-state index in [-0.39, 0.29) is 0 Å². The van der Waals surface area contributed by atoms with E-state index in [4.69, 9.17) is 9.47 Å². The van der Waals surface area contributed by atoms with Crippen molar-refractivity contribution in [1.29, 1.82) is 0 Å². The van der Waals surface area contributed by atoms with Crippen LogP contribution in [-0.4, -0.2) is 31.0 Å². The number of rotatable bonds is 5. The monoisotopic (exact) mass is 312 g/mol. The Labute approximate surface area is 135 Å². The largest absolute Gasteiger partial charge is 0.497 e. The Hall–Kier alpha value is -2.56. The van der Waals surface area contributed by atoms with Crippen molar-refractivity contribution in [2.45, 2.75) is 19.4 Å². The topological polar surface area (TPSA) is 51.7 Å². The lowest BCUT2D eigenvalue weighted by Gasteiger charge is -2.29. The summed E-state index contributed by atoms with van der Waals surface area (Å²) < 4.78 is 11.0. The Morgan fingerprint density at radius 2 is 1.87 bits per heavy atom. The Morgan fingerprint density at radius 3 is 2.57 bits per heavy atom. The van der Waals surface area contributed by atoms with Crippen LogP contribution < -0.4 is 14.4 Å². The minimum atomic E-state index is 0.325. The van der Waals surface area contributed by atoms with Gasteiger partial charge in [-0.15, -0.1) is 0 Å². The number of nitrogens with zero attached hydrogens (tertiary/aromatic N) is 2. The quantitative estimate of drug-likeness (QED) is 0.850. The van der Waals surface area contributed by atoms with Gasteiger partial charge in [0.05, 0.1) is 12.8 Å². The van der Waals surface area contributed by atoms with Gasteiger partial charge in [-0.05, 0) is 29.8 Å². The fourth-order valence-electron chi connectivity index (χ4n) is 2.60. The number of piperidine rings is 1. The highest BCUT2D eigenvalue weighted by Gasteiger charge is 2.19. The van der Waals surface area contributed by atoms with E-state index in [1.54, 1.807) is 13.3 Å². The second-order valence-corrected chi connectivity index (χ2v) is 5.49. The van der Waals surface area contributed by atoms with Crippen LogP contribution in [-0.2, 0) is 11.4 Å². The van der Waals surface area contributed by atoms with Gasteiger partial charge < -0.3 is 14.4 Å². The molecule has 0 aliphatic carbocycles. The molecule has 1 fully saturated rings. The molecule has 0 amide bonds. The number of ether oxygens (including phenoxy) is 2. The van der Waals surface area contributed by atoms with Gasteiger partial charge in [-0.2, -0.15) is 0 Å². The maximum Gasteiger partial charge on any atom is 0.237 e. The smallest absolute Gasteiger partial charge is 0.237 e. The Morgan fingerprint density at radius 1 is 1.13 bits per heavy atom. The lowest BCUT2D eigenvalue weighted by molar-refractivity contribution is -0.119. The van der Waals surface area contributed by atoms with E-state index in [1.807, 2.05) is 36.4 Å². The van der Waals surface area contributed by atoms with E-state index in [0.717, 1.165) is 30.1 Å². The summed E-state index contributed by atoms with van der Waals surface area (Å²) in [5.74, 6) is 1.76. The molecule has 3 rings (SSSR count). The maximum atomic E-state index is 11.4. The molecule has 1 aliphatic heterocycles. The molecule has 0 N–H and O–H groups in total. The summed E-state index contributed by atoms with van der Waals surface area (Å²) >= 11 is 0. The fraction of sp³-hybridized carbons (Fsp3) is 0.333. The van der Waals surface area contributed by atoms with Crippen LogP contribution >= 0.6 is 0 Å². The highest BCUT2D eigenvalue weighted by molar-refractivity contribution is 5.81. The van der Waals surface area contributed by atoms with Gasteiger partial charge in [0.1, 0.15) is 18.1 Å². The number of hydrogen-bond donors (Lipinski definition) is 0. The second-order valence-electron chi connectivity index (χ2n) is 5.49. The molecule has 0 spiro atoms. The first-order valence-corrected chi connectivity index (χ1v) is 7.73. The SMILES string of the molecule is COc1ccc(COc2ncccc2N2CCC(=O)CC2)cc1. The number of anilines is 1. The van der Waals surface area contributed by atoms with Crippen molar-refractivity contribution in [1.82, 2.24) is 4.98 Å². The number of benzene rings is 1. The third kappa shape index (κ3) is 3.80. The van der Waals surface area contributed by atoms with Gasteiger partial charge in [-0.25, -0.2) is 4.98 Å². The molecular weight excluding hydrogens is 292 g/mol. The van der Waals surface area contributed by atoms with Crippen molar-refractivity contribution in [3.63, 3.8) is 0 Å². The number of carbonyl (C=O) groups is 1. The predicted octanol–water partition coefficient (Wildman–Crippen LogP) is 2.84. The molecule has 1 aromatic heterocycles. The van der Waals surface area contributed by atoms with Crippen LogP contribution in [0.1, 0.15) is 18.4 Å². The number of Topliss-reactive ketones (excluding diaryl/α,β-unsaturated/α-hetero) is 1. The Balaban J connectivity index is 1.68. The molecule has 2 aromatic rings. The van der Waals surface area contributed by atoms with Gasteiger partial charge >= 0.3 is 0 Å². The van der Waals surface area contributed by atoms with Gasteiger partial charge in [0.2, 0.25) is 5.88 Å². The molecule has 1 saturated heterocycles. The summed E-state index contributed by atoms with van der Waals surface area (Å²) in [6.07, 6.45) is 2.90. The highest BCUT2D eigenvalue weighted by atomic mass is 16.5. The molecule has 0 unspecified atom stereocenters. The van der Waals surface area contributed by atoms with E-state index in [9.17, 15) is 4.79 Å². The normalized spacial score (nSPS) is 14.7. The third-order valence-electron chi connectivity index (χ3n) is 3.95. The zero-order valence-electron chi connectivity index (χ0n) is 13.2. The molecule has 5 nitrogen and oxygen atoms in total. The standard InChI is InChI=1S/C18H20N2O3/c1-22-16-6-4-14(5-7-16)13-23-18-17(3-2-10-19-18)20-11-8-15(21)9-12-20/h2-7,10H,8-9,11-13H2,1H3. The molecule has 120 valence electrons. The van der Waals surface area contributed by atoms with E-state index < -0.39 is 0 Å². The molecule has 2 heterocycles. The molecule has 1 aliphatic rings. The van der Waals surface area contributed by atoms with Crippen molar-refractivity contribution in [2.75, 3.05) is 25.1 Å². The van der Waals surface area contributed by atoms with Crippen molar-refractivity contribution in [2.24, 2.45) is 0 Å². The zero-order valence-corrected chi connectivity index (χ0v) is 13.2. The van der Waals surface area contributed by atoms with Gasteiger partial charge in [0.15, 0.2) is 0 Å². The number of methoxy groups -OCH3 is 1. The van der Waals surface area contributed by atoms with E-state index >= 15 is 0 Å². The lowest BCUT2D eigenvalue weighted by atomic mass is 10.1. The summed E-state index contributed by atoms with van der Waals surface area (Å²) in [5.41, 5.74) is 2.00. The van der Waals surface area contributed by atoms with Gasteiger partial charge in [-0.3, -0.25) is 4.79 Å². The Kier molecular flexibility index (Phi) is 4.76. The van der Waals surface area contributed by atoms with Crippen LogP contribution in [0, 0.1) is 0 Å². The number of hydrogen-bond acceptors (Lipinski definition) is 5. The number of carbonyl (C=O) groups excluding carboxylic acids is 1. The number of aromatic nitrogens is 1. The highest BCUT2D eigenvalue weighted by Crippen LogP contribution is 2.28. The average molecular weight is 312 g/mol. The van der Waals surface area contributed by atoms with E-state index in [1.165, 1.54) is 0 Å². The van der Waals surface area contributed by atoms with Crippen LogP contribution in [0.2, 0.25) is 0 Å². The maximum absolute atomic E-state index is 11.4. The van der Waals surface area contributed by atoms with Gasteiger partial charge in [0.25, 0.3) is 0 Å². The van der Waals surface area contributed by atoms with Crippen LogP contribution in [0.15, 0.2) is 42.6 Å². The first kappa shape index (κ1) is 15.3. The van der Waals surface area contributed by atoms with Crippen LogP contribution in [0.3, 0.4) is 0 Å². The molecule has 23 heavy (non-hydrogen) atoms. The minimum Gasteiger partial charge on any atom is -0.497 e. The van der Waals surface area contributed by atoms with E-state index in [0.29, 0.717) is 31.1 Å². The van der Waals surface area contributed by atoms with E-state index in [2.05, 4.69) is 9.88 Å². The van der Waals surface area contributed by atoms with Crippen LogP contribution in [0.4, 0.5) is 5.69 Å². The predicted molar refractivity (Wildman–Crippen MR) is 88.0 cm³/mol. The van der Waals surface area contributed by atoms with Crippen molar-refractivity contribution in [3.8, 4) is 11.6 Å². The number of ketones is 1. The molecule has 0 atom stereocenters. The average Bonchev–Trinajstić information content (AvgIpc) is 2.61. The molecule has 0 saturated carbocycles. The molecule has 5 heteroatoms. The van der Waals surface area contributed by atoms with Gasteiger partial charge in [0, 0.05) is 32.1 Å². The molecule has 1 aromatic carbocycles. The van der Waals surface area contributed by atoms with Crippen molar-refractivity contribution >= 4 is 11.5 Å². The summed E-state index contributed by atoms with van der Waals surface area (Å²) in [5, 5.41) is 0. The first-order chi connectivity index (χ1) is 11.3. The van der Waals surface area contributed by atoms with Crippen LogP contribution in [0.5, 0.6) is 11.6 Å². The first-order valence-electron chi connectivity index (χ1n) is 7.73. The Bertz CT molecular complexity index is 660. The number of pyridine rings is 1. The van der Waals surface area contributed by atoms with Crippen molar-refractivity contribution in [3.05, 3.63) is 48.2 Å². The molecule has 0 bridgehead atoms. The lowest BCUT2D eigenvalue weighted by Crippen LogP contribution is -2.34. The van der Waals surface area contributed by atoms with Gasteiger partial charge in [-0.1, -0.05) is 12.1 Å². The summed E-state index contributed by atoms with van der Waals surface area (Å²) in [7, 11) is 1.65. The van der Waals surface area contributed by atoms with Crippen molar-refractivity contribution < 1.29 is 14.3 Å². The molecule has 0 radical (unpaired) electrons. The summed E-state index contributed by atoms with van der Waals surface area (Å²) in [6.45, 7) is 1.90. The molecular formula is C18H20N2O3. The third-order valence-corrected chi connectivity index (χ3v) is 3.95. The second kappa shape index (κ2) is 7.13. The summed E-state index contributed by atoms with van der Waals surface area (Å²) in [6, 6.07) is 11.7.